The van der Waals surface area contributed by atoms with Gasteiger partial charge < -0.3 is 35.0 Å². The number of rotatable bonds is 7. The Kier molecular flexibility index (Phi) is 12.6. The maximum absolute atomic E-state index is 14.3. The lowest BCUT2D eigenvalue weighted by Gasteiger charge is -2.36. The van der Waals surface area contributed by atoms with E-state index in [2.05, 4.69) is 10.6 Å². The molecule has 1 aliphatic heterocycles. The molecule has 0 aliphatic carbocycles. The second-order valence-corrected chi connectivity index (χ2v) is 12.0. The Balaban J connectivity index is 1.60. The van der Waals surface area contributed by atoms with E-state index in [1.807, 2.05) is 50.2 Å². The Hall–Kier alpha value is -4.41. The topological polar surface area (TPSA) is 120 Å². The molecule has 0 saturated heterocycles. The molecule has 10 heteroatoms. The standard InChI is InChI=1S/C36H46N4O6/c1-25-22-40(26(2)24-41)35(43)31-21-30(38-36(44)37-29-16-9-6-10-17-29)18-19-32(31)46-27(3)13-11-12-20-45-33(25)23-39(4)34(42)28-14-7-5-8-15-28/h5-10,14-19,21,25-27,33,41H,11-13,20,22-24H2,1-4H3,(H2,37,38,44)/t25-,26-,27+,33-/m1/s1. The van der Waals surface area contributed by atoms with Crippen molar-refractivity contribution in [2.45, 2.75) is 58.3 Å². The van der Waals surface area contributed by atoms with Crippen LogP contribution >= 0.6 is 0 Å². The molecule has 46 heavy (non-hydrogen) atoms. The van der Waals surface area contributed by atoms with Gasteiger partial charge in [-0.1, -0.05) is 43.3 Å². The first-order valence-electron chi connectivity index (χ1n) is 15.9. The maximum atomic E-state index is 14.3. The van der Waals surface area contributed by atoms with E-state index in [1.165, 1.54) is 0 Å². The molecule has 0 bridgehead atoms. The summed E-state index contributed by atoms with van der Waals surface area (Å²) in [5.74, 6) is -0.225. The molecule has 3 aromatic carbocycles. The molecule has 0 saturated carbocycles. The Labute approximate surface area is 271 Å². The molecule has 3 N–H and O–H groups in total. The van der Waals surface area contributed by atoms with E-state index >= 15 is 0 Å². The van der Waals surface area contributed by atoms with Crippen molar-refractivity contribution < 1.29 is 29.0 Å². The molecule has 1 aliphatic rings. The van der Waals surface area contributed by atoms with Crippen molar-refractivity contribution in [1.82, 2.24) is 9.80 Å². The predicted octanol–water partition coefficient (Wildman–Crippen LogP) is 5.90. The third-order valence-corrected chi connectivity index (χ3v) is 8.16. The summed E-state index contributed by atoms with van der Waals surface area (Å²) in [7, 11) is 1.76. The van der Waals surface area contributed by atoms with Crippen molar-refractivity contribution in [2.24, 2.45) is 5.92 Å². The van der Waals surface area contributed by atoms with E-state index in [4.69, 9.17) is 9.47 Å². The van der Waals surface area contributed by atoms with Crippen molar-refractivity contribution in [3.63, 3.8) is 0 Å². The Morgan fingerprint density at radius 2 is 1.65 bits per heavy atom. The van der Waals surface area contributed by atoms with E-state index in [1.54, 1.807) is 66.2 Å². The molecular formula is C36H46N4O6. The number of anilines is 2. The van der Waals surface area contributed by atoms with Crippen LogP contribution in [0.1, 0.15) is 60.7 Å². The van der Waals surface area contributed by atoms with Gasteiger partial charge in [0.1, 0.15) is 5.75 Å². The first-order chi connectivity index (χ1) is 22.2. The molecule has 0 aromatic heterocycles. The lowest BCUT2D eigenvalue weighted by Crippen LogP contribution is -2.48. The Morgan fingerprint density at radius 1 is 0.978 bits per heavy atom. The number of para-hydroxylation sites is 1. The van der Waals surface area contributed by atoms with Crippen LogP contribution in [-0.4, -0.2) is 84.4 Å². The van der Waals surface area contributed by atoms with Gasteiger partial charge in [-0.2, -0.15) is 0 Å². The average molecular weight is 631 g/mol. The van der Waals surface area contributed by atoms with E-state index in [0.717, 1.165) is 19.3 Å². The van der Waals surface area contributed by atoms with Gasteiger partial charge in [-0.3, -0.25) is 9.59 Å². The minimum atomic E-state index is -0.518. The molecule has 4 rings (SSSR count). The minimum absolute atomic E-state index is 0.108. The number of urea groups is 1. The van der Waals surface area contributed by atoms with Crippen LogP contribution in [0, 0.1) is 5.92 Å². The van der Waals surface area contributed by atoms with E-state index < -0.39 is 12.1 Å². The smallest absolute Gasteiger partial charge is 0.323 e. The van der Waals surface area contributed by atoms with Crippen LogP contribution in [0.2, 0.25) is 0 Å². The van der Waals surface area contributed by atoms with E-state index in [9.17, 15) is 19.5 Å². The monoisotopic (exact) mass is 630 g/mol. The molecule has 3 aromatic rings. The molecule has 0 spiro atoms. The molecule has 4 atom stereocenters. The first-order valence-corrected chi connectivity index (χ1v) is 15.9. The van der Waals surface area contributed by atoms with Gasteiger partial charge in [0, 0.05) is 49.6 Å². The first kappa shape index (κ1) is 34.5. The SMILES string of the molecule is C[C@@H]1CN([C@H](C)CO)C(=O)c2cc(NC(=O)Nc3ccccc3)ccc2O[C@@H](C)CCCCO[C@@H]1CN(C)C(=O)c1ccccc1. The molecule has 0 fully saturated rings. The van der Waals surface area contributed by atoms with Crippen LogP contribution in [0.15, 0.2) is 78.9 Å². The highest BCUT2D eigenvalue weighted by atomic mass is 16.5. The second kappa shape index (κ2) is 16.8. The lowest BCUT2D eigenvalue weighted by molar-refractivity contribution is -0.0149. The number of ether oxygens (including phenoxy) is 2. The molecule has 246 valence electrons. The highest BCUT2D eigenvalue weighted by Gasteiger charge is 2.31. The average Bonchev–Trinajstić information content (AvgIpc) is 3.06. The van der Waals surface area contributed by atoms with Crippen LogP contribution in [0.4, 0.5) is 16.2 Å². The number of carbonyl (C=O) groups is 3. The molecule has 1 heterocycles. The summed E-state index contributed by atoms with van der Waals surface area (Å²) in [6.45, 7) is 6.60. The number of aliphatic hydroxyl groups excluding tert-OH is 1. The zero-order valence-electron chi connectivity index (χ0n) is 27.1. The number of nitrogens with zero attached hydrogens (tertiary/aromatic N) is 2. The summed E-state index contributed by atoms with van der Waals surface area (Å²) < 4.78 is 12.7. The van der Waals surface area contributed by atoms with Crippen LogP contribution in [-0.2, 0) is 4.74 Å². The van der Waals surface area contributed by atoms with E-state index in [0.29, 0.717) is 35.8 Å². The van der Waals surface area contributed by atoms with Crippen molar-refractivity contribution in [2.75, 3.05) is 44.0 Å². The van der Waals surface area contributed by atoms with Gasteiger partial charge in [0.15, 0.2) is 0 Å². The number of aliphatic hydroxyl groups is 1. The van der Waals surface area contributed by atoms with Crippen LogP contribution in [0.5, 0.6) is 5.75 Å². The highest BCUT2D eigenvalue weighted by molar-refractivity contribution is 6.02. The van der Waals surface area contributed by atoms with Crippen molar-refractivity contribution in [3.05, 3.63) is 90.0 Å². The summed E-state index contributed by atoms with van der Waals surface area (Å²) in [6.07, 6.45) is 1.89. The Bertz CT molecular complexity index is 1440. The number of hydrogen-bond donors (Lipinski definition) is 3. The summed E-state index contributed by atoms with van der Waals surface area (Å²) >= 11 is 0. The normalized spacial score (nSPS) is 20.0. The second-order valence-electron chi connectivity index (χ2n) is 12.0. The number of hydrogen-bond acceptors (Lipinski definition) is 6. The van der Waals surface area contributed by atoms with Gasteiger partial charge >= 0.3 is 6.03 Å². The third kappa shape index (κ3) is 9.55. The van der Waals surface area contributed by atoms with E-state index in [-0.39, 0.29) is 48.7 Å². The fourth-order valence-electron chi connectivity index (χ4n) is 5.43. The number of carbonyl (C=O) groups excluding carboxylic acids is 3. The number of fused-ring (bicyclic) bond motifs is 1. The summed E-state index contributed by atoms with van der Waals surface area (Å²) in [4.78, 5) is 43.5. The van der Waals surface area contributed by atoms with Gasteiger partial charge in [-0.15, -0.1) is 0 Å². The molecule has 10 nitrogen and oxygen atoms in total. The number of likely N-dealkylation sites (N-methyl/N-ethyl adjacent to an activating group) is 1. The van der Waals surface area contributed by atoms with Crippen LogP contribution < -0.4 is 15.4 Å². The third-order valence-electron chi connectivity index (χ3n) is 8.16. The van der Waals surface area contributed by atoms with Gasteiger partial charge in [0.2, 0.25) is 0 Å². The predicted molar refractivity (Wildman–Crippen MR) is 179 cm³/mol. The zero-order chi connectivity index (χ0) is 33.1. The van der Waals surface area contributed by atoms with Crippen molar-refractivity contribution in [1.29, 1.82) is 0 Å². The summed E-state index contributed by atoms with van der Waals surface area (Å²) in [5, 5.41) is 15.8. The number of nitrogens with one attached hydrogen (secondary N) is 2. The largest absolute Gasteiger partial charge is 0.490 e. The molecular weight excluding hydrogens is 584 g/mol. The van der Waals surface area contributed by atoms with Crippen molar-refractivity contribution >= 4 is 29.2 Å². The van der Waals surface area contributed by atoms with Crippen LogP contribution in [0.3, 0.4) is 0 Å². The van der Waals surface area contributed by atoms with Gasteiger partial charge in [0.25, 0.3) is 11.8 Å². The summed E-state index contributed by atoms with van der Waals surface area (Å²) in [6, 6.07) is 22.2. The maximum Gasteiger partial charge on any atom is 0.323 e. The fourth-order valence-corrected chi connectivity index (χ4v) is 5.43. The molecule has 4 amide bonds. The fraction of sp³-hybridized carbons (Fsp3) is 0.417. The quantitative estimate of drug-likeness (QED) is 0.299. The Morgan fingerprint density at radius 3 is 2.35 bits per heavy atom. The zero-order valence-corrected chi connectivity index (χ0v) is 27.1. The molecule has 0 unspecified atom stereocenters. The lowest BCUT2D eigenvalue weighted by atomic mass is 10.0. The van der Waals surface area contributed by atoms with Gasteiger partial charge in [0.05, 0.1) is 30.4 Å². The number of amides is 4. The number of benzene rings is 3. The van der Waals surface area contributed by atoms with Gasteiger partial charge in [-0.25, -0.2) is 4.79 Å². The van der Waals surface area contributed by atoms with Crippen molar-refractivity contribution in [3.8, 4) is 5.75 Å². The highest BCUT2D eigenvalue weighted by Crippen LogP contribution is 2.29. The minimum Gasteiger partial charge on any atom is -0.490 e. The van der Waals surface area contributed by atoms with Gasteiger partial charge in [-0.05, 0) is 75.6 Å². The van der Waals surface area contributed by atoms with Crippen LogP contribution in [0.25, 0.3) is 0 Å². The molecule has 0 radical (unpaired) electrons. The summed E-state index contributed by atoms with van der Waals surface area (Å²) in [5.41, 5.74) is 1.93.